The van der Waals surface area contributed by atoms with E-state index < -0.39 is 0 Å². The lowest BCUT2D eigenvalue weighted by Gasteiger charge is -2.20. The van der Waals surface area contributed by atoms with Gasteiger partial charge in [-0.1, -0.05) is 84.9 Å². The van der Waals surface area contributed by atoms with E-state index in [0.717, 1.165) is 45.3 Å². The van der Waals surface area contributed by atoms with E-state index in [1.165, 1.54) is 38.7 Å². The van der Waals surface area contributed by atoms with Crippen molar-refractivity contribution in [3.63, 3.8) is 0 Å². The standard InChI is InChI=1S/C44H46N4O/c1-27(2)32-15-18-39-38(23-32)37-17-16-35(26-40(37)47(39)41-24-33(19-20-45-41)44(7,8)9)49-36-22-29(5)21-34(25-36)48-43(28(3)4)42(30(6)46-48)31-13-11-10-12-14-31/h10-28H,1-9H3. The average Bonchev–Trinajstić information content (AvgIpc) is 3.58. The van der Waals surface area contributed by atoms with Crippen LogP contribution in [0.25, 0.3) is 44.4 Å². The average molecular weight is 647 g/mol. The molecule has 4 aromatic carbocycles. The van der Waals surface area contributed by atoms with Gasteiger partial charge in [0.05, 0.1) is 28.1 Å². The summed E-state index contributed by atoms with van der Waals surface area (Å²) in [6.45, 7) is 19.9. The lowest BCUT2D eigenvalue weighted by molar-refractivity contribution is 0.482. The summed E-state index contributed by atoms with van der Waals surface area (Å²) < 4.78 is 11.1. The van der Waals surface area contributed by atoms with Crippen LogP contribution in [0.2, 0.25) is 0 Å². The molecule has 7 aromatic rings. The summed E-state index contributed by atoms with van der Waals surface area (Å²) in [7, 11) is 0. The number of hydrogen-bond acceptors (Lipinski definition) is 3. The fourth-order valence-corrected chi connectivity index (χ4v) is 6.98. The zero-order chi connectivity index (χ0) is 34.6. The van der Waals surface area contributed by atoms with Crippen LogP contribution in [0.1, 0.15) is 88.4 Å². The van der Waals surface area contributed by atoms with Crippen LogP contribution in [0.4, 0.5) is 0 Å². The molecule has 7 rings (SSSR count). The van der Waals surface area contributed by atoms with Crippen LogP contribution in [-0.4, -0.2) is 19.3 Å². The fraction of sp³-hybridized carbons (Fsp3) is 0.273. The molecule has 0 amide bonds. The molecule has 0 saturated carbocycles. The van der Waals surface area contributed by atoms with Gasteiger partial charge in [0.15, 0.2) is 0 Å². The molecule has 0 fully saturated rings. The molecule has 3 heterocycles. The van der Waals surface area contributed by atoms with Crippen molar-refractivity contribution in [3.05, 3.63) is 131 Å². The van der Waals surface area contributed by atoms with E-state index in [-0.39, 0.29) is 11.3 Å². The van der Waals surface area contributed by atoms with Crippen LogP contribution in [0.15, 0.2) is 103 Å². The van der Waals surface area contributed by atoms with Crippen molar-refractivity contribution < 1.29 is 4.74 Å². The molecular formula is C44H46N4O. The van der Waals surface area contributed by atoms with Crippen LogP contribution in [0.3, 0.4) is 0 Å². The van der Waals surface area contributed by atoms with Crippen LogP contribution >= 0.6 is 0 Å². The summed E-state index contributed by atoms with van der Waals surface area (Å²) >= 11 is 0. The van der Waals surface area contributed by atoms with Crippen molar-refractivity contribution in [2.24, 2.45) is 0 Å². The Morgan fingerprint density at radius 1 is 0.694 bits per heavy atom. The molecule has 0 N–H and O–H groups in total. The van der Waals surface area contributed by atoms with E-state index in [1.54, 1.807) is 0 Å². The topological polar surface area (TPSA) is 44.9 Å². The largest absolute Gasteiger partial charge is 0.457 e. The van der Waals surface area contributed by atoms with Gasteiger partial charge in [0.25, 0.3) is 0 Å². The van der Waals surface area contributed by atoms with Gasteiger partial charge in [0.2, 0.25) is 0 Å². The second-order valence-corrected chi connectivity index (χ2v) is 15.0. The van der Waals surface area contributed by atoms with Crippen LogP contribution in [0, 0.1) is 13.8 Å². The van der Waals surface area contributed by atoms with Gasteiger partial charge in [-0.3, -0.25) is 4.57 Å². The third-order valence-electron chi connectivity index (χ3n) is 9.49. The van der Waals surface area contributed by atoms with E-state index in [0.29, 0.717) is 5.92 Å². The smallest absolute Gasteiger partial charge is 0.137 e. The molecular weight excluding hydrogens is 601 g/mol. The number of fused-ring (bicyclic) bond motifs is 3. The summed E-state index contributed by atoms with van der Waals surface area (Å²) in [5.41, 5.74) is 11.5. The van der Waals surface area contributed by atoms with Crippen molar-refractivity contribution in [1.29, 1.82) is 0 Å². The minimum Gasteiger partial charge on any atom is -0.457 e. The first-order valence-corrected chi connectivity index (χ1v) is 17.4. The minimum atomic E-state index is 0.00280. The Kier molecular flexibility index (Phi) is 8.18. The molecule has 0 spiro atoms. The SMILES string of the molecule is Cc1cc(Oc2ccc3c4cc(C(C)C)ccc4n(-c4cc(C(C)(C)C)ccn4)c3c2)cc(-n2nc(C)c(-c3ccccc3)c2C(C)C)c1. The van der Waals surface area contributed by atoms with Gasteiger partial charge < -0.3 is 4.74 Å². The first-order valence-electron chi connectivity index (χ1n) is 17.4. The zero-order valence-electron chi connectivity index (χ0n) is 30.2. The van der Waals surface area contributed by atoms with E-state index in [1.807, 2.05) is 6.20 Å². The van der Waals surface area contributed by atoms with E-state index in [2.05, 4.69) is 169 Å². The van der Waals surface area contributed by atoms with E-state index in [4.69, 9.17) is 14.8 Å². The molecule has 0 aliphatic rings. The zero-order valence-corrected chi connectivity index (χ0v) is 30.2. The number of aryl methyl sites for hydroxylation is 2. The third kappa shape index (κ3) is 6.03. The Bertz CT molecular complexity index is 2320. The number of rotatable bonds is 7. The first-order chi connectivity index (χ1) is 23.4. The van der Waals surface area contributed by atoms with E-state index in [9.17, 15) is 0 Å². The molecule has 5 nitrogen and oxygen atoms in total. The predicted molar refractivity (Wildman–Crippen MR) is 204 cm³/mol. The fourth-order valence-electron chi connectivity index (χ4n) is 6.98. The number of nitrogens with zero attached hydrogens (tertiary/aromatic N) is 4. The van der Waals surface area contributed by atoms with Gasteiger partial charge in [0.1, 0.15) is 17.3 Å². The molecule has 0 aliphatic heterocycles. The van der Waals surface area contributed by atoms with E-state index >= 15 is 0 Å². The Morgan fingerprint density at radius 2 is 1.47 bits per heavy atom. The highest BCUT2D eigenvalue weighted by atomic mass is 16.5. The second-order valence-electron chi connectivity index (χ2n) is 15.0. The Labute approximate surface area is 290 Å². The monoisotopic (exact) mass is 646 g/mol. The van der Waals surface area contributed by atoms with Crippen LogP contribution in [0.5, 0.6) is 11.5 Å². The lowest BCUT2D eigenvalue weighted by Crippen LogP contribution is -2.12. The molecule has 3 aromatic heterocycles. The molecule has 49 heavy (non-hydrogen) atoms. The summed E-state index contributed by atoms with van der Waals surface area (Å²) in [6.07, 6.45) is 1.93. The van der Waals surface area contributed by atoms with Crippen LogP contribution in [-0.2, 0) is 5.41 Å². The van der Waals surface area contributed by atoms with Crippen molar-refractivity contribution in [2.45, 2.75) is 79.6 Å². The third-order valence-corrected chi connectivity index (χ3v) is 9.49. The Balaban J connectivity index is 1.35. The molecule has 0 aliphatic carbocycles. The molecule has 248 valence electrons. The highest BCUT2D eigenvalue weighted by molar-refractivity contribution is 6.09. The maximum absolute atomic E-state index is 6.70. The second kappa shape index (κ2) is 12.4. The molecule has 0 saturated heterocycles. The summed E-state index contributed by atoms with van der Waals surface area (Å²) in [6, 6.07) is 34.5. The van der Waals surface area contributed by atoms with Gasteiger partial charge >= 0.3 is 0 Å². The maximum Gasteiger partial charge on any atom is 0.137 e. The van der Waals surface area contributed by atoms with Gasteiger partial charge in [-0.25, -0.2) is 9.67 Å². The summed E-state index contributed by atoms with van der Waals surface area (Å²) in [5, 5.41) is 7.47. The van der Waals surface area contributed by atoms with Crippen molar-refractivity contribution in [3.8, 4) is 34.1 Å². The minimum absolute atomic E-state index is 0.00280. The highest BCUT2D eigenvalue weighted by Crippen LogP contribution is 2.39. The highest BCUT2D eigenvalue weighted by Gasteiger charge is 2.22. The number of aromatic nitrogens is 4. The molecule has 0 radical (unpaired) electrons. The number of hydrogen-bond donors (Lipinski definition) is 0. The van der Waals surface area contributed by atoms with Crippen molar-refractivity contribution in [2.75, 3.05) is 0 Å². The van der Waals surface area contributed by atoms with Crippen molar-refractivity contribution >= 4 is 21.8 Å². The molecule has 0 atom stereocenters. The normalized spacial score (nSPS) is 12.1. The quantitative estimate of drug-likeness (QED) is 0.173. The number of pyridine rings is 1. The van der Waals surface area contributed by atoms with Gasteiger partial charge in [-0.2, -0.15) is 5.10 Å². The van der Waals surface area contributed by atoms with Gasteiger partial charge in [0, 0.05) is 34.7 Å². The summed E-state index contributed by atoms with van der Waals surface area (Å²) in [5.74, 6) is 3.16. The van der Waals surface area contributed by atoms with Gasteiger partial charge in [-0.15, -0.1) is 0 Å². The Morgan fingerprint density at radius 3 is 2.18 bits per heavy atom. The molecule has 0 unspecified atom stereocenters. The van der Waals surface area contributed by atoms with Crippen molar-refractivity contribution in [1.82, 2.24) is 19.3 Å². The number of ether oxygens (including phenoxy) is 1. The first kappa shape index (κ1) is 32.4. The molecule has 0 bridgehead atoms. The maximum atomic E-state index is 6.70. The Hall–Kier alpha value is -5.16. The number of benzene rings is 4. The lowest BCUT2D eigenvalue weighted by atomic mass is 9.88. The van der Waals surface area contributed by atoms with Gasteiger partial charge in [-0.05, 0) is 102 Å². The molecule has 5 heteroatoms. The summed E-state index contributed by atoms with van der Waals surface area (Å²) in [4.78, 5) is 4.89. The van der Waals surface area contributed by atoms with Crippen LogP contribution < -0.4 is 4.74 Å². The predicted octanol–water partition coefficient (Wildman–Crippen LogP) is 12.0.